The zero-order chi connectivity index (χ0) is 21.6. The van der Waals surface area contributed by atoms with Crippen LogP contribution in [0.4, 0.5) is 10.5 Å². The number of rotatable bonds is 6. The summed E-state index contributed by atoms with van der Waals surface area (Å²) >= 11 is 0. The van der Waals surface area contributed by atoms with E-state index in [0.717, 1.165) is 43.1 Å². The van der Waals surface area contributed by atoms with Crippen molar-refractivity contribution in [2.75, 3.05) is 25.1 Å². The van der Waals surface area contributed by atoms with Gasteiger partial charge in [0.2, 0.25) is 0 Å². The molecule has 7 heteroatoms. The second-order valence-electron chi connectivity index (χ2n) is 7.84. The third-order valence-electron chi connectivity index (χ3n) is 5.70. The molecule has 3 aromatic rings. The number of carbonyl (C=O) groups excluding carboxylic acids is 1. The third-order valence-corrected chi connectivity index (χ3v) is 5.70. The Labute approximate surface area is 183 Å². The van der Waals surface area contributed by atoms with Gasteiger partial charge in [0.25, 0.3) is 0 Å². The number of methoxy groups -OCH3 is 1. The Hall–Kier alpha value is -3.48. The van der Waals surface area contributed by atoms with Crippen molar-refractivity contribution in [3.05, 3.63) is 78.4 Å². The maximum absolute atomic E-state index is 13.0. The van der Waals surface area contributed by atoms with Crippen LogP contribution in [0, 0.1) is 0 Å². The number of carbonyl (C=O) groups is 1. The number of anilines is 1. The van der Waals surface area contributed by atoms with E-state index in [-0.39, 0.29) is 18.1 Å². The number of ether oxygens (including phenoxy) is 1. The van der Waals surface area contributed by atoms with Gasteiger partial charge in [0.05, 0.1) is 7.11 Å². The normalized spacial score (nSPS) is 17.1. The Morgan fingerprint density at radius 1 is 1.19 bits per heavy atom. The summed E-state index contributed by atoms with van der Waals surface area (Å²) in [7, 11) is 3.56. The molecule has 1 saturated heterocycles. The van der Waals surface area contributed by atoms with E-state index in [9.17, 15) is 4.79 Å². The summed E-state index contributed by atoms with van der Waals surface area (Å²) in [6, 6.07) is 17.5. The molecule has 2 N–H and O–H groups in total. The number of imidazole rings is 1. The third kappa shape index (κ3) is 4.99. The highest BCUT2D eigenvalue weighted by Gasteiger charge is 2.25. The van der Waals surface area contributed by atoms with Gasteiger partial charge in [-0.25, -0.2) is 9.78 Å². The molecule has 7 nitrogen and oxygen atoms in total. The van der Waals surface area contributed by atoms with Crippen molar-refractivity contribution >= 4 is 11.7 Å². The van der Waals surface area contributed by atoms with E-state index in [1.807, 2.05) is 60.3 Å². The first-order valence-electron chi connectivity index (χ1n) is 10.6. The fraction of sp³-hybridized carbons (Fsp3) is 0.333. The number of aromatic nitrogens is 2. The highest BCUT2D eigenvalue weighted by atomic mass is 16.5. The molecule has 0 bridgehead atoms. The molecule has 2 unspecified atom stereocenters. The van der Waals surface area contributed by atoms with Crippen LogP contribution < -0.4 is 20.3 Å². The summed E-state index contributed by atoms with van der Waals surface area (Å²) in [6.07, 6.45) is 5.61. The van der Waals surface area contributed by atoms with Crippen LogP contribution in [0.1, 0.15) is 30.3 Å². The molecule has 0 radical (unpaired) electrons. The molecule has 0 aliphatic carbocycles. The van der Waals surface area contributed by atoms with E-state index in [4.69, 9.17) is 4.74 Å². The molecule has 1 aliphatic rings. The van der Waals surface area contributed by atoms with E-state index in [1.54, 1.807) is 13.3 Å². The number of urea groups is 1. The lowest BCUT2D eigenvalue weighted by Gasteiger charge is -2.35. The fourth-order valence-corrected chi connectivity index (χ4v) is 4.10. The molecule has 2 heterocycles. The van der Waals surface area contributed by atoms with Gasteiger partial charge in [0, 0.05) is 44.3 Å². The van der Waals surface area contributed by atoms with E-state index in [2.05, 4.69) is 32.7 Å². The Morgan fingerprint density at radius 3 is 2.77 bits per heavy atom. The molecule has 31 heavy (non-hydrogen) atoms. The lowest BCUT2D eigenvalue weighted by atomic mass is 10.0. The first-order valence-corrected chi connectivity index (χ1v) is 10.6. The average Bonchev–Trinajstić information content (AvgIpc) is 3.23. The van der Waals surface area contributed by atoms with Gasteiger partial charge in [-0.15, -0.1) is 0 Å². The van der Waals surface area contributed by atoms with Gasteiger partial charge in [-0.3, -0.25) is 0 Å². The molecule has 1 fully saturated rings. The maximum Gasteiger partial charge on any atom is 0.315 e. The van der Waals surface area contributed by atoms with Crippen LogP contribution in [0.3, 0.4) is 0 Å². The summed E-state index contributed by atoms with van der Waals surface area (Å²) in [4.78, 5) is 19.8. The van der Waals surface area contributed by atoms with E-state index >= 15 is 0 Å². The van der Waals surface area contributed by atoms with Crippen molar-refractivity contribution in [3.63, 3.8) is 0 Å². The summed E-state index contributed by atoms with van der Waals surface area (Å²) in [5.74, 6) is 1.50. The summed E-state index contributed by atoms with van der Waals surface area (Å²) in [6.45, 7) is 1.80. The van der Waals surface area contributed by atoms with Crippen LogP contribution in [-0.4, -0.2) is 41.8 Å². The molecule has 2 aromatic carbocycles. The summed E-state index contributed by atoms with van der Waals surface area (Å²) < 4.78 is 7.29. The quantitative estimate of drug-likeness (QED) is 0.642. The Kier molecular flexibility index (Phi) is 6.40. The van der Waals surface area contributed by atoms with Crippen molar-refractivity contribution in [3.8, 4) is 5.75 Å². The summed E-state index contributed by atoms with van der Waals surface area (Å²) in [5, 5.41) is 6.29. The van der Waals surface area contributed by atoms with Crippen molar-refractivity contribution in [1.29, 1.82) is 0 Å². The second kappa shape index (κ2) is 9.55. The van der Waals surface area contributed by atoms with Crippen LogP contribution in [-0.2, 0) is 7.05 Å². The SMILES string of the molecule is COc1cccc(C(NC(=O)NC2CCCN(c3ccccc3)C2)c2nccn2C)c1. The predicted octanol–water partition coefficient (Wildman–Crippen LogP) is 3.49. The van der Waals surface area contributed by atoms with E-state index in [0.29, 0.717) is 0 Å². The minimum Gasteiger partial charge on any atom is -0.497 e. The Morgan fingerprint density at radius 2 is 2.03 bits per heavy atom. The number of para-hydroxylation sites is 1. The average molecular weight is 420 g/mol. The Balaban J connectivity index is 1.47. The number of nitrogens with one attached hydrogen (secondary N) is 2. The largest absolute Gasteiger partial charge is 0.497 e. The Bertz CT molecular complexity index is 1000. The number of amides is 2. The highest BCUT2D eigenvalue weighted by Crippen LogP contribution is 2.24. The number of hydrogen-bond acceptors (Lipinski definition) is 4. The van der Waals surface area contributed by atoms with E-state index in [1.165, 1.54) is 5.69 Å². The molecular formula is C24H29N5O2. The van der Waals surface area contributed by atoms with Gasteiger partial charge in [0.1, 0.15) is 17.6 Å². The van der Waals surface area contributed by atoms with Crippen LogP contribution in [0.2, 0.25) is 0 Å². The highest BCUT2D eigenvalue weighted by molar-refractivity contribution is 5.75. The van der Waals surface area contributed by atoms with Crippen molar-refractivity contribution in [1.82, 2.24) is 20.2 Å². The first kappa shape index (κ1) is 20.8. The minimum atomic E-state index is -0.385. The fourth-order valence-electron chi connectivity index (χ4n) is 4.10. The molecule has 162 valence electrons. The number of benzene rings is 2. The number of aryl methyl sites for hydroxylation is 1. The van der Waals surface area contributed by atoms with E-state index < -0.39 is 0 Å². The van der Waals surface area contributed by atoms with Crippen LogP contribution in [0.5, 0.6) is 5.75 Å². The van der Waals surface area contributed by atoms with Gasteiger partial charge < -0.3 is 24.8 Å². The zero-order valence-electron chi connectivity index (χ0n) is 18.0. The number of hydrogen-bond donors (Lipinski definition) is 2. The zero-order valence-corrected chi connectivity index (χ0v) is 18.0. The molecule has 0 saturated carbocycles. The lowest BCUT2D eigenvalue weighted by molar-refractivity contribution is 0.232. The van der Waals surface area contributed by atoms with Gasteiger partial charge in [-0.1, -0.05) is 30.3 Å². The number of piperidine rings is 1. The van der Waals surface area contributed by atoms with Crippen LogP contribution >= 0.6 is 0 Å². The standard InChI is InChI=1S/C24H29N5O2/c1-28-15-13-25-23(28)22(18-8-6-12-21(16-18)31-2)27-24(30)26-19-9-7-14-29(17-19)20-10-4-3-5-11-20/h3-6,8,10-13,15-16,19,22H,7,9,14,17H2,1-2H3,(H2,26,27,30). The molecule has 4 rings (SSSR count). The van der Waals surface area contributed by atoms with Crippen LogP contribution in [0.15, 0.2) is 67.0 Å². The molecule has 0 spiro atoms. The molecule has 1 aliphatic heterocycles. The van der Waals surface area contributed by atoms with Gasteiger partial charge >= 0.3 is 6.03 Å². The molecule has 2 atom stereocenters. The molecule has 2 amide bonds. The van der Waals surface area contributed by atoms with Crippen molar-refractivity contribution in [2.45, 2.75) is 24.9 Å². The smallest absolute Gasteiger partial charge is 0.315 e. The first-order chi connectivity index (χ1) is 15.1. The van der Waals surface area contributed by atoms with Crippen LogP contribution in [0.25, 0.3) is 0 Å². The van der Waals surface area contributed by atoms with Crippen molar-refractivity contribution < 1.29 is 9.53 Å². The molecular weight excluding hydrogens is 390 g/mol. The summed E-state index contributed by atoms with van der Waals surface area (Å²) in [5.41, 5.74) is 2.11. The minimum absolute atomic E-state index is 0.0845. The van der Waals surface area contributed by atoms with Gasteiger partial charge in [-0.2, -0.15) is 0 Å². The second-order valence-corrected chi connectivity index (χ2v) is 7.84. The molecule has 1 aromatic heterocycles. The maximum atomic E-state index is 13.0. The van der Waals surface area contributed by atoms with Gasteiger partial charge in [-0.05, 0) is 42.7 Å². The van der Waals surface area contributed by atoms with Crippen molar-refractivity contribution in [2.24, 2.45) is 7.05 Å². The predicted molar refractivity (Wildman–Crippen MR) is 121 cm³/mol. The monoisotopic (exact) mass is 419 g/mol. The number of nitrogens with zero attached hydrogens (tertiary/aromatic N) is 3. The van der Waals surface area contributed by atoms with Gasteiger partial charge in [0.15, 0.2) is 0 Å². The lowest BCUT2D eigenvalue weighted by Crippen LogP contribution is -2.51. The topological polar surface area (TPSA) is 71.4 Å².